The van der Waals surface area contributed by atoms with Gasteiger partial charge < -0.3 is 15.4 Å². The summed E-state index contributed by atoms with van der Waals surface area (Å²) in [5.74, 6) is 0.425. The zero-order valence-corrected chi connectivity index (χ0v) is 11.7. The van der Waals surface area contributed by atoms with Gasteiger partial charge in [0.1, 0.15) is 18.2 Å². The Labute approximate surface area is 118 Å². The molecule has 3 nitrogen and oxygen atoms in total. The Hall–Kier alpha value is -2.07. The molecule has 0 aliphatic carbocycles. The molecule has 0 saturated heterocycles. The second-order valence-corrected chi connectivity index (χ2v) is 4.83. The quantitative estimate of drug-likeness (QED) is 0.911. The van der Waals surface area contributed by atoms with Gasteiger partial charge in [-0.3, -0.25) is 0 Å². The maximum atomic E-state index is 13.6. The van der Waals surface area contributed by atoms with E-state index in [1.807, 2.05) is 43.3 Å². The maximum absolute atomic E-state index is 13.6. The minimum absolute atomic E-state index is 0.234. The van der Waals surface area contributed by atoms with Crippen molar-refractivity contribution in [2.75, 3.05) is 25.6 Å². The highest BCUT2D eigenvalue weighted by Gasteiger charge is 2.11. The van der Waals surface area contributed by atoms with Crippen molar-refractivity contribution in [2.45, 2.75) is 6.04 Å². The Kier molecular flexibility index (Phi) is 4.58. The third-order valence-electron chi connectivity index (χ3n) is 3.07. The van der Waals surface area contributed by atoms with Gasteiger partial charge in [-0.25, -0.2) is 4.39 Å². The molecule has 0 aliphatic heterocycles. The zero-order chi connectivity index (χ0) is 14.5. The van der Waals surface area contributed by atoms with Crippen LogP contribution in [0.1, 0.15) is 11.6 Å². The minimum Gasteiger partial charge on any atom is -0.492 e. The van der Waals surface area contributed by atoms with Crippen LogP contribution < -0.4 is 15.4 Å². The van der Waals surface area contributed by atoms with Crippen LogP contribution in [0.25, 0.3) is 0 Å². The lowest BCUT2D eigenvalue weighted by atomic mass is 10.1. The molecule has 0 spiro atoms. The van der Waals surface area contributed by atoms with E-state index in [1.54, 1.807) is 18.2 Å². The number of nitrogens with two attached hydrogens (primary N) is 1. The Balaban J connectivity index is 2.02. The molecule has 4 heteroatoms. The Morgan fingerprint density at radius 3 is 2.60 bits per heavy atom. The summed E-state index contributed by atoms with van der Waals surface area (Å²) in [5, 5.41) is 0. The van der Waals surface area contributed by atoms with Crippen LogP contribution in [0.2, 0.25) is 0 Å². The lowest BCUT2D eigenvalue weighted by Gasteiger charge is -2.16. The monoisotopic (exact) mass is 274 g/mol. The topological polar surface area (TPSA) is 38.5 Å². The Morgan fingerprint density at radius 2 is 1.90 bits per heavy atom. The summed E-state index contributed by atoms with van der Waals surface area (Å²) >= 11 is 0. The predicted molar refractivity (Wildman–Crippen MR) is 79.6 cm³/mol. The molecule has 20 heavy (non-hydrogen) atoms. The van der Waals surface area contributed by atoms with Crippen LogP contribution in [0.4, 0.5) is 10.1 Å². The summed E-state index contributed by atoms with van der Waals surface area (Å²) in [6.45, 7) is 0.234. The van der Waals surface area contributed by atoms with Gasteiger partial charge in [0.2, 0.25) is 0 Å². The standard InChI is InChI=1S/C16H19FN2O/c1-19(2)12-6-5-7-13(10-12)20-11-16(18)14-8-3-4-9-15(14)17/h3-10,16H,11,18H2,1-2H3. The van der Waals surface area contributed by atoms with Crippen molar-refractivity contribution in [3.05, 3.63) is 59.9 Å². The maximum Gasteiger partial charge on any atom is 0.128 e. The average Bonchev–Trinajstić information content (AvgIpc) is 2.45. The Bertz CT molecular complexity index is 572. The molecule has 106 valence electrons. The fourth-order valence-electron chi connectivity index (χ4n) is 1.90. The molecule has 1 unspecified atom stereocenters. The van der Waals surface area contributed by atoms with Crippen LogP contribution >= 0.6 is 0 Å². The molecule has 0 radical (unpaired) electrons. The van der Waals surface area contributed by atoms with Gasteiger partial charge >= 0.3 is 0 Å². The van der Waals surface area contributed by atoms with Gasteiger partial charge in [0.05, 0.1) is 6.04 Å². The van der Waals surface area contributed by atoms with Crippen LogP contribution in [0.15, 0.2) is 48.5 Å². The lowest BCUT2D eigenvalue weighted by Crippen LogP contribution is -2.20. The number of anilines is 1. The van der Waals surface area contributed by atoms with E-state index in [9.17, 15) is 4.39 Å². The molecule has 2 N–H and O–H groups in total. The third-order valence-corrected chi connectivity index (χ3v) is 3.07. The Morgan fingerprint density at radius 1 is 1.15 bits per heavy atom. The smallest absolute Gasteiger partial charge is 0.128 e. The van der Waals surface area contributed by atoms with Crippen molar-refractivity contribution < 1.29 is 9.13 Å². The lowest BCUT2D eigenvalue weighted by molar-refractivity contribution is 0.288. The van der Waals surface area contributed by atoms with Crippen LogP contribution in [-0.2, 0) is 0 Å². The van der Waals surface area contributed by atoms with Crippen molar-refractivity contribution >= 4 is 5.69 Å². The van der Waals surface area contributed by atoms with E-state index in [2.05, 4.69) is 0 Å². The van der Waals surface area contributed by atoms with Gasteiger partial charge in [-0.05, 0) is 18.2 Å². The van der Waals surface area contributed by atoms with Crippen LogP contribution in [0.3, 0.4) is 0 Å². The molecular weight excluding hydrogens is 255 g/mol. The molecule has 0 fully saturated rings. The number of ether oxygens (including phenoxy) is 1. The van der Waals surface area contributed by atoms with Gasteiger partial charge in [0, 0.05) is 31.4 Å². The molecule has 0 bridgehead atoms. The van der Waals surface area contributed by atoms with Gasteiger partial charge in [0.25, 0.3) is 0 Å². The summed E-state index contributed by atoms with van der Waals surface area (Å²) in [6, 6.07) is 13.7. The third kappa shape index (κ3) is 3.48. The summed E-state index contributed by atoms with van der Waals surface area (Å²) in [7, 11) is 3.92. The van der Waals surface area contributed by atoms with Gasteiger partial charge in [-0.15, -0.1) is 0 Å². The highest BCUT2D eigenvalue weighted by Crippen LogP contribution is 2.21. The normalized spacial score (nSPS) is 12.0. The van der Waals surface area contributed by atoms with Crippen molar-refractivity contribution in [2.24, 2.45) is 5.73 Å². The molecule has 2 rings (SSSR count). The van der Waals surface area contributed by atoms with E-state index in [4.69, 9.17) is 10.5 Å². The molecule has 0 aliphatic rings. The largest absolute Gasteiger partial charge is 0.492 e. The summed E-state index contributed by atoms with van der Waals surface area (Å²) in [4.78, 5) is 1.99. The van der Waals surface area contributed by atoms with Crippen molar-refractivity contribution in [1.82, 2.24) is 0 Å². The predicted octanol–water partition coefficient (Wildman–Crippen LogP) is 2.97. The first kappa shape index (κ1) is 14.3. The van der Waals surface area contributed by atoms with E-state index in [1.165, 1.54) is 6.07 Å². The number of hydrogen-bond donors (Lipinski definition) is 1. The molecule has 0 saturated carbocycles. The summed E-state index contributed by atoms with van der Waals surface area (Å²) in [5.41, 5.74) is 7.48. The molecule has 0 amide bonds. The number of hydrogen-bond acceptors (Lipinski definition) is 3. The molecule has 0 aromatic heterocycles. The van der Waals surface area contributed by atoms with E-state index >= 15 is 0 Å². The zero-order valence-electron chi connectivity index (χ0n) is 11.7. The van der Waals surface area contributed by atoms with Crippen molar-refractivity contribution in [1.29, 1.82) is 0 Å². The number of benzene rings is 2. The van der Waals surface area contributed by atoms with E-state index in [0.29, 0.717) is 5.56 Å². The number of rotatable bonds is 5. The first-order chi connectivity index (χ1) is 9.58. The highest BCUT2D eigenvalue weighted by atomic mass is 19.1. The van der Waals surface area contributed by atoms with Crippen LogP contribution in [0, 0.1) is 5.82 Å². The van der Waals surface area contributed by atoms with Crippen LogP contribution in [0.5, 0.6) is 5.75 Å². The molecular formula is C16H19FN2O. The molecule has 1 atom stereocenters. The SMILES string of the molecule is CN(C)c1cccc(OCC(N)c2ccccc2F)c1. The van der Waals surface area contributed by atoms with Crippen molar-refractivity contribution in [3.8, 4) is 5.75 Å². The second-order valence-electron chi connectivity index (χ2n) is 4.83. The van der Waals surface area contributed by atoms with E-state index in [-0.39, 0.29) is 12.4 Å². The molecule has 2 aromatic rings. The first-order valence-corrected chi connectivity index (χ1v) is 6.48. The minimum atomic E-state index is -0.487. The van der Waals surface area contributed by atoms with Crippen molar-refractivity contribution in [3.63, 3.8) is 0 Å². The fraction of sp³-hybridized carbons (Fsp3) is 0.250. The average molecular weight is 274 g/mol. The molecule has 0 heterocycles. The number of nitrogens with zero attached hydrogens (tertiary/aromatic N) is 1. The fourth-order valence-corrected chi connectivity index (χ4v) is 1.90. The molecule has 2 aromatic carbocycles. The van der Waals surface area contributed by atoms with E-state index < -0.39 is 6.04 Å². The second kappa shape index (κ2) is 6.39. The number of halogens is 1. The van der Waals surface area contributed by atoms with Gasteiger partial charge in [-0.2, -0.15) is 0 Å². The first-order valence-electron chi connectivity index (χ1n) is 6.48. The van der Waals surface area contributed by atoms with E-state index in [0.717, 1.165) is 11.4 Å². The summed E-state index contributed by atoms with van der Waals surface area (Å²) < 4.78 is 19.2. The van der Waals surface area contributed by atoms with Crippen LogP contribution in [-0.4, -0.2) is 20.7 Å². The van der Waals surface area contributed by atoms with Gasteiger partial charge in [-0.1, -0.05) is 24.3 Å². The highest BCUT2D eigenvalue weighted by molar-refractivity contribution is 5.49. The summed E-state index contributed by atoms with van der Waals surface area (Å²) in [6.07, 6.45) is 0. The van der Waals surface area contributed by atoms with Gasteiger partial charge in [0.15, 0.2) is 0 Å².